The molecule has 0 saturated carbocycles. The normalized spacial score (nSPS) is 10.2. The van der Waals surface area contributed by atoms with Gasteiger partial charge in [-0.1, -0.05) is 12.1 Å². The van der Waals surface area contributed by atoms with Gasteiger partial charge >= 0.3 is 0 Å². The molecule has 0 aliphatic rings. The molecule has 0 spiro atoms. The van der Waals surface area contributed by atoms with Crippen LogP contribution >= 0.6 is 11.8 Å². The second-order valence-corrected chi connectivity index (χ2v) is 4.63. The number of aromatic hydroxyl groups is 1. The topological polar surface area (TPSA) is 33.1 Å². The largest absolute Gasteiger partial charge is 0.508 e. The van der Waals surface area contributed by atoms with Crippen molar-refractivity contribution in [3.8, 4) is 5.75 Å². The fraction of sp³-hybridized carbons (Fsp3) is 0.154. The summed E-state index contributed by atoms with van der Waals surface area (Å²) >= 11 is 1.74. The van der Waals surface area contributed by atoms with E-state index in [4.69, 9.17) is 0 Å². The Morgan fingerprint density at radius 2 is 2.12 bits per heavy atom. The molecule has 2 aromatic rings. The van der Waals surface area contributed by atoms with Gasteiger partial charge in [-0.15, -0.1) is 11.8 Å². The molecule has 0 aliphatic heterocycles. The lowest BCUT2D eigenvalue weighted by molar-refractivity contribution is 0.474. The zero-order valence-corrected chi connectivity index (χ0v) is 9.65. The van der Waals surface area contributed by atoms with E-state index in [1.165, 1.54) is 5.56 Å². The summed E-state index contributed by atoms with van der Waals surface area (Å²) in [4.78, 5) is 5.18. The summed E-state index contributed by atoms with van der Waals surface area (Å²) in [5.74, 6) is 1.32. The summed E-state index contributed by atoms with van der Waals surface area (Å²) in [6.45, 7) is 0. The van der Waals surface area contributed by atoms with Gasteiger partial charge in [-0.25, -0.2) is 0 Å². The van der Waals surface area contributed by atoms with Gasteiger partial charge in [0.25, 0.3) is 0 Å². The zero-order chi connectivity index (χ0) is 11.2. The lowest BCUT2D eigenvalue weighted by atomic mass is 10.2. The number of phenols is 1. The summed E-state index contributed by atoms with van der Waals surface area (Å²) in [5.41, 5.74) is 1.25. The van der Waals surface area contributed by atoms with Crippen LogP contribution in [0.4, 0.5) is 0 Å². The molecule has 0 saturated heterocycles. The molecule has 0 bridgehead atoms. The van der Waals surface area contributed by atoms with E-state index in [0.29, 0.717) is 5.75 Å². The third kappa shape index (κ3) is 3.28. The van der Waals surface area contributed by atoms with Crippen LogP contribution in [0.2, 0.25) is 0 Å². The number of aromatic nitrogens is 1. The average molecular weight is 231 g/mol. The van der Waals surface area contributed by atoms with Crippen molar-refractivity contribution in [1.82, 2.24) is 4.98 Å². The van der Waals surface area contributed by atoms with E-state index in [2.05, 4.69) is 11.1 Å². The average Bonchev–Trinajstić information content (AvgIpc) is 2.30. The number of benzene rings is 1. The van der Waals surface area contributed by atoms with Gasteiger partial charge in [0.15, 0.2) is 0 Å². The van der Waals surface area contributed by atoms with Gasteiger partial charge in [-0.05, 0) is 36.2 Å². The van der Waals surface area contributed by atoms with Crippen molar-refractivity contribution in [2.24, 2.45) is 0 Å². The van der Waals surface area contributed by atoms with Crippen molar-refractivity contribution in [2.45, 2.75) is 11.3 Å². The van der Waals surface area contributed by atoms with Crippen molar-refractivity contribution in [3.05, 3.63) is 54.4 Å². The molecule has 3 heteroatoms. The number of rotatable bonds is 4. The van der Waals surface area contributed by atoms with Gasteiger partial charge < -0.3 is 5.11 Å². The molecule has 1 heterocycles. The van der Waals surface area contributed by atoms with Crippen molar-refractivity contribution >= 4 is 11.8 Å². The van der Waals surface area contributed by atoms with Crippen LogP contribution in [-0.4, -0.2) is 15.8 Å². The van der Waals surface area contributed by atoms with Crippen LogP contribution in [0.1, 0.15) is 5.56 Å². The van der Waals surface area contributed by atoms with E-state index in [-0.39, 0.29) is 0 Å². The summed E-state index contributed by atoms with van der Waals surface area (Å²) in [6.07, 6.45) is 4.67. The Morgan fingerprint density at radius 3 is 2.88 bits per heavy atom. The zero-order valence-electron chi connectivity index (χ0n) is 8.84. The molecule has 0 unspecified atom stereocenters. The fourth-order valence-corrected chi connectivity index (χ4v) is 2.36. The highest BCUT2D eigenvalue weighted by Crippen LogP contribution is 2.22. The number of phenolic OH excluding ortho intramolecular Hbond substituents is 1. The van der Waals surface area contributed by atoms with Crippen LogP contribution in [0.3, 0.4) is 0 Å². The minimum Gasteiger partial charge on any atom is -0.508 e. The molecule has 0 atom stereocenters. The van der Waals surface area contributed by atoms with Gasteiger partial charge in [-0.3, -0.25) is 4.98 Å². The van der Waals surface area contributed by atoms with Crippen molar-refractivity contribution in [3.63, 3.8) is 0 Å². The quantitative estimate of drug-likeness (QED) is 0.821. The fourth-order valence-electron chi connectivity index (χ4n) is 1.41. The monoisotopic (exact) mass is 231 g/mol. The maximum absolute atomic E-state index is 9.31. The first kappa shape index (κ1) is 11.0. The van der Waals surface area contributed by atoms with Crippen molar-refractivity contribution in [1.29, 1.82) is 0 Å². The Balaban J connectivity index is 1.85. The highest BCUT2D eigenvalue weighted by Gasteiger charge is 1.96. The number of nitrogens with zero attached hydrogens (tertiary/aromatic N) is 1. The molecule has 82 valence electrons. The van der Waals surface area contributed by atoms with E-state index in [9.17, 15) is 5.11 Å². The second kappa shape index (κ2) is 5.56. The lowest BCUT2D eigenvalue weighted by Crippen LogP contribution is -1.88. The van der Waals surface area contributed by atoms with Crippen LogP contribution in [-0.2, 0) is 6.42 Å². The molecule has 1 N–H and O–H groups in total. The lowest BCUT2D eigenvalue weighted by Gasteiger charge is -2.02. The summed E-state index contributed by atoms with van der Waals surface area (Å²) in [6, 6.07) is 11.4. The van der Waals surface area contributed by atoms with Crippen molar-refractivity contribution < 1.29 is 5.11 Å². The highest BCUT2D eigenvalue weighted by molar-refractivity contribution is 7.99. The Morgan fingerprint density at radius 1 is 1.19 bits per heavy atom. The third-order valence-corrected chi connectivity index (χ3v) is 3.20. The first-order chi connectivity index (χ1) is 7.84. The molecule has 0 fully saturated rings. The van der Waals surface area contributed by atoms with E-state index >= 15 is 0 Å². The minimum atomic E-state index is 0.325. The SMILES string of the molecule is Oc1cccc(SCCc2cccnc2)c1. The van der Waals surface area contributed by atoms with Gasteiger partial charge in [0.05, 0.1) is 0 Å². The molecule has 16 heavy (non-hydrogen) atoms. The molecular formula is C13H13NOS. The molecule has 1 aromatic heterocycles. The number of thioether (sulfide) groups is 1. The van der Waals surface area contributed by atoms with E-state index in [0.717, 1.165) is 17.1 Å². The van der Waals surface area contributed by atoms with Crippen LogP contribution in [0, 0.1) is 0 Å². The van der Waals surface area contributed by atoms with Gasteiger partial charge in [0, 0.05) is 23.0 Å². The van der Waals surface area contributed by atoms with E-state index in [1.807, 2.05) is 24.4 Å². The predicted octanol–water partition coefficient (Wildman–Crippen LogP) is 3.12. The standard InChI is InChI=1S/C13H13NOS/c15-12-4-1-5-13(9-12)16-8-6-11-3-2-7-14-10-11/h1-5,7,9-10,15H,6,8H2. The first-order valence-electron chi connectivity index (χ1n) is 5.15. The first-order valence-corrected chi connectivity index (χ1v) is 6.14. The van der Waals surface area contributed by atoms with E-state index in [1.54, 1.807) is 30.1 Å². The molecular weight excluding hydrogens is 218 g/mol. The summed E-state index contributed by atoms with van der Waals surface area (Å²) in [7, 11) is 0. The second-order valence-electron chi connectivity index (χ2n) is 3.46. The van der Waals surface area contributed by atoms with Crippen LogP contribution in [0.5, 0.6) is 5.75 Å². The molecule has 2 nitrogen and oxygen atoms in total. The molecule has 0 aliphatic carbocycles. The maximum Gasteiger partial charge on any atom is 0.116 e. The number of hydrogen-bond donors (Lipinski definition) is 1. The third-order valence-electron chi connectivity index (χ3n) is 2.20. The number of pyridine rings is 1. The van der Waals surface area contributed by atoms with Crippen LogP contribution < -0.4 is 0 Å². The van der Waals surface area contributed by atoms with Gasteiger partial charge in [-0.2, -0.15) is 0 Å². The van der Waals surface area contributed by atoms with Crippen molar-refractivity contribution in [2.75, 3.05) is 5.75 Å². The van der Waals surface area contributed by atoms with Gasteiger partial charge in [0.1, 0.15) is 5.75 Å². The van der Waals surface area contributed by atoms with Crippen LogP contribution in [0.25, 0.3) is 0 Å². The van der Waals surface area contributed by atoms with E-state index < -0.39 is 0 Å². The Bertz CT molecular complexity index is 445. The summed E-state index contributed by atoms with van der Waals surface area (Å²) in [5, 5.41) is 9.31. The Hall–Kier alpha value is -1.48. The van der Waals surface area contributed by atoms with Crippen LogP contribution in [0.15, 0.2) is 53.7 Å². The van der Waals surface area contributed by atoms with Gasteiger partial charge in [0.2, 0.25) is 0 Å². The molecule has 2 rings (SSSR count). The minimum absolute atomic E-state index is 0.325. The maximum atomic E-state index is 9.31. The Kier molecular flexibility index (Phi) is 3.83. The molecule has 0 radical (unpaired) electrons. The number of hydrogen-bond acceptors (Lipinski definition) is 3. The molecule has 1 aromatic carbocycles. The highest BCUT2D eigenvalue weighted by atomic mass is 32.2. The predicted molar refractivity (Wildman–Crippen MR) is 66.8 cm³/mol. The summed E-state index contributed by atoms with van der Waals surface area (Å²) < 4.78 is 0. The smallest absolute Gasteiger partial charge is 0.116 e. The Labute approximate surface area is 99.4 Å². The molecule has 0 amide bonds. The number of aryl methyl sites for hydroxylation is 1.